The number of aromatic nitrogens is 3. The van der Waals surface area contributed by atoms with Crippen molar-refractivity contribution >= 4 is 27.7 Å². The minimum atomic E-state index is -0.501. The van der Waals surface area contributed by atoms with Gasteiger partial charge in [0, 0.05) is 25.0 Å². The molecular formula is C20H16BrFN4O2. The molecule has 1 aliphatic heterocycles. The quantitative estimate of drug-likeness (QED) is 0.522. The van der Waals surface area contributed by atoms with Crippen molar-refractivity contribution < 1.29 is 13.9 Å². The first-order valence-corrected chi connectivity index (χ1v) is 9.48. The van der Waals surface area contributed by atoms with E-state index in [1.165, 1.54) is 12.1 Å². The fraction of sp³-hybridized carbons (Fsp3) is 0.150. The predicted molar refractivity (Wildman–Crippen MR) is 107 cm³/mol. The van der Waals surface area contributed by atoms with Crippen molar-refractivity contribution in [1.29, 1.82) is 0 Å². The molecule has 1 N–H and O–H groups in total. The van der Waals surface area contributed by atoms with Gasteiger partial charge in [-0.25, -0.2) is 14.4 Å². The summed E-state index contributed by atoms with van der Waals surface area (Å²) in [5, 5.41) is 2.75. The number of hydrogen-bond donors (Lipinski definition) is 1. The number of anilines is 1. The Balaban J connectivity index is 1.76. The Labute approximate surface area is 169 Å². The molecule has 4 rings (SSSR count). The smallest absolute Gasteiger partial charge is 0.260 e. The molecule has 1 aliphatic rings. The van der Waals surface area contributed by atoms with Gasteiger partial charge in [0.05, 0.1) is 10.0 Å². The Morgan fingerprint density at radius 2 is 2.14 bits per heavy atom. The third-order valence-electron chi connectivity index (χ3n) is 4.24. The lowest BCUT2D eigenvalue weighted by atomic mass is 10.2. The van der Waals surface area contributed by atoms with Crippen molar-refractivity contribution in [2.75, 3.05) is 11.9 Å². The lowest BCUT2D eigenvalue weighted by Crippen LogP contribution is -2.15. The molecule has 2 aromatic heterocycles. The highest BCUT2D eigenvalue weighted by atomic mass is 79.9. The van der Waals surface area contributed by atoms with E-state index in [9.17, 15) is 9.18 Å². The highest BCUT2D eigenvalue weighted by Crippen LogP contribution is 2.28. The van der Waals surface area contributed by atoms with Gasteiger partial charge in [-0.1, -0.05) is 18.2 Å². The molecule has 0 aliphatic carbocycles. The lowest BCUT2D eigenvalue weighted by Gasteiger charge is -2.12. The zero-order valence-corrected chi connectivity index (χ0v) is 16.3. The molecule has 0 atom stereocenters. The Bertz CT molecular complexity index is 1060. The first kappa shape index (κ1) is 18.4. The van der Waals surface area contributed by atoms with Crippen LogP contribution in [0.5, 0.6) is 5.75 Å². The Kier molecular flexibility index (Phi) is 5.21. The van der Waals surface area contributed by atoms with Crippen molar-refractivity contribution in [2.45, 2.75) is 13.0 Å². The Hall–Kier alpha value is -3.00. The number of aryl methyl sites for hydroxylation is 1. The number of pyridine rings is 1. The Morgan fingerprint density at radius 3 is 3.04 bits per heavy atom. The van der Waals surface area contributed by atoms with E-state index in [0.717, 1.165) is 18.8 Å². The van der Waals surface area contributed by atoms with E-state index < -0.39 is 11.7 Å². The minimum Gasteiger partial charge on any atom is -0.489 e. The highest BCUT2D eigenvalue weighted by molar-refractivity contribution is 9.10. The molecule has 8 heteroatoms. The topological polar surface area (TPSA) is 69.0 Å². The van der Waals surface area contributed by atoms with E-state index >= 15 is 0 Å². The number of amides is 1. The molecule has 0 radical (unpaired) electrons. The highest BCUT2D eigenvalue weighted by Gasteiger charge is 2.18. The molecule has 0 spiro atoms. The summed E-state index contributed by atoms with van der Waals surface area (Å²) in [6.07, 6.45) is 8.20. The molecule has 142 valence electrons. The van der Waals surface area contributed by atoms with Crippen molar-refractivity contribution in [3.63, 3.8) is 0 Å². The van der Waals surface area contributed by atoms with Gasteiger partial charge in [0.1, 0.15) is 29.7 Å². The molecule has 3 heterocycles. The van der Waals surface area contributed by atoms with E-state index in [2.05, 4.69) is 31.2 Å². The van der Waals surface area contributed by atoms with Gasteiger partial charge in [0.25, 0.3) is 5.91 Å². The van der Waals surface area contributed by atoms with Crippen molar-refractivity contribution in [3.05, 3.63) is 70.7 Å². The van der Waals surface area contributed by atoms with Gasteiger partial charge in [0.15, 0.2) is 5.82 Å². The second kappa shape index (κ2) is 7.93. The summed E-state index contributed by atoms with van der Waals surface area (Å²) < 4.78 is 21.8. The van der Waals surface area contributed by atoms with Gasteiger partial charge in [-0.15, -0.1) is 0 Å². The molecule has 0 saturated heterocycles. The summed E-state index contributed by atoms with van der Waals surface area (Å²) in [4.78, 5) is 21.7. The summed E-state index contributed by atoms with van der Waals surface area (Å²) in [5.74, 6) is 0.320. The van der Waals surface area contributed by atoms with E-state index in [4.69, 9.17) is 4.74 Å². The van der Waals surface area contributed by atoms with Gasteiger partial charge in [-0.2, -0.15) is 0 Å². The molecule has 1 amide bonds. The number of imidazole rings is 1. The fourth-order valence-corrected chi connectivity index (χ4v) is 3.24. The van der Waals surface area contributed by atoms with Crippen molar-refractivity contribution in [1.82, 2.24) is 14.5 Å². The maximum atomic E-state index is 14.0. The molecular weight excluding hydrogens is 427 g/mol. The third-order valence-corrected chi connectivity index (χ3v) is 4.85. The number of hydrogen-bond acceptors (Lipinski definition) is 4. The number of rotatable bonds is 0. The van der Waals surface area contributed by atoms with Crippen LogP contribution in [0.15, 0.2) is 59.4 Å². The van der Waals surface area contributed by atoms with E-state index in [-0.39, 0.29) is 22.4 Å². The normalized spacial score (nSPS) is 15.3. The minimum absolute atomic E-state index is 0.168. The van der Waals surface area contributed by atoms with Crippen molar-refractivity contribution in [2.24, 2.45) is 0 Å². The van der Waals surface area contributed by atoms with Crippen LogP contribution in [-0.2, 0) is 6.54 Å². The number of carbonyl (C=O) groups is 1. The fourth-order valence-electron chi connectivity index (χ4n) is 2.90. The van der Waals surface area contributed by atoms with E-state index in [1.807, 2.05) is 29.0 Å². The second-order valence-corrected chi connectivity index (χ2v) is 6.99. The number of ether oxygens (including phenoxy) is 1. The zero-order chi connectivity index (χ0) is 19.5. The number of allylic oxidation sites excluding steroid dienone is 1. The van der Waals surface area contributed by atoms with Gasteiger partial charge in [0.2, 0.25) is 0 Å². The van der Waals surface area contributed by atoms with Crippen LogP contribution in [0.1, 0.15) is 16.8 Å². The molecule has 1 aromatic carbocycles. The second-order valence-electron chi connectivity index (χ2n) is 6.14. The number of nitrogens with zero attached hydrogens (tertiary/aromatic N) is 3. The maximum absolute atomic E-state index is 14.0. The average molecular weight is 443 g/mol. The summed E-state index contributed by atoms with van der Waals surface area (Å²) in [7, 11) is 0. The molecule has 0 unspecified atom stereocenters. The van der Waals surface area contributed by atoms with Gasteiger partial charge >= 0.3 is 0 Å². The molecule has 6 nitrogen and oxygen atoms in total. The molecule has 0 saturated carbocycles. The van der Waals surface area contributed by atoms with Gasteiger partial charge in [-0.3, -0.25) is 4.79 Å². The standard InChI is InChI=1S/C20H16BrFN4O2/c21-14-11-13-17(12-15(14)22)28-10-3-1-2-8-26-9-7-23-19(26)16-5-4-6-18(24-16)25-20(13)27/h1,3-7,9,11-12H,2,8,10H2,(H,24,25,27)/b3-1-. The largest absolute Gasteiger partial charge is 0.489 e. The van der Waals surface area contributed by atoms with Crippen LogP contribution in [0.4, 0.5) is 10.2 Å². The van der Waals surface area contributed by atoms with Crippen LogP contribution in [0, 0.1) is 5.82 Å². The predicted octanol–water partition coefficient (Wildman–Crippen LogP) is 4.44. The summed E-state index contributed by atoms with van der Waals surface area (Å²) in [6, 6.07) is 7.93. The van der Waals surface area contributed by atoms with Crippen LogP contribution in [0.3, 0.4) is 0 Å². The maximum Gasteiger partial charge on any atom is 0.260 e. The first-order valence-electron chi connectivity index (χ1n) is 8.68. The number of fused-ring (bicyclic) bond motifs is 5. The first-order chi connectivity index (χ1) is 13.6. The SMILES string of the molecule is O=C1Nc2cccc(n2)-c2nccn2CC/C=C\COc2cc(F)c(Br)cc21. The average Bonchev–Trinajstić information content (AvgIpc) is 3.15. The number of carbonyl (C=O) groups excluding carboxylic acids is 1. The van der Waals surface area contributed by atoms with E-state index in [0.29, 0.717) is 11.5 Å². The number of benzene rings is 1. The summed E-state index contributed by atoms with van der Waals surface area (Å²) >= 11 is 3.12. The van der Waals surface area contributed by atoms with Crippen LogP contribution in [0.2, 0.25) is 0 Å². The van der Waals surface area contributed by atoms with Crippen LogP contribution < -0.4 is 10.1 Å². The van der Waals surface area contributed by atoms with Crippen LogP contribution in [0.25, 0.3) is 11.5 Å². The van der Waals surface area contributed by atoms with E-state index in [1.54, 1.807) is 18.3 Å². The molecule has 28 heavy (non-hydrogen) atoms. The zero-order valence-electron chi connectivity index (χ0n) is 14.7. The molecule has 0 fully saturated rings. The third kappa shape index (κ3) is 3.82. The number of halogens is 2. The van der Waals surface area contributed by atoms with Gasteiger partial charge < -0.3 is 14.6 Å². The lowest BCUT2D eigenvalue weighted by molar-refractivity contribution is 0.102. The Morgan fingerprint density at radius 1 is 1.25 bits per heavy atom. The summed E-state index contributed by atoms with van der Waals surface area (Å²) in [6.45, 7) is 0.951. The summed E-state index contributed by atoms with van der Waals surface area (Å²) in [5.41, 5.74) is 0.865. The van der Waals surface area contributed by atoms with Crippen molar-refractivity contribution in [3.8, 4) is 17.3 Å². The van der Waals surface area contributed by atoms with Crippen LogP contribution in [-0.4, -0.2) is 27.0 Å². The number of nitrogens with one attached hydrogen (secondary N) is 1. The van der Waals surface area contributed by atoms with Gasteiger partial charge in [-0.05, 0) is 40.5 Å². The molecule has 3 aromatic rings. The van der Waals surface area contributed by atoms with Crippen LogP contribution >= 0.6 is 15.9 Å². The monoisotopic (exact) mass is 442 g/mol. The molecule has 2 bridgehead atoms.